The summed E-state index contributed by atoms with van der Waals surface area (Å²) in [5.41, 5.74) is 3.99. The van der Waals surface area contributed by atoms with Crippen LogP contribution in [-0.2, 0) is 0 Å². The van der Waals surface area contributed by atoms with Gasteiger partial charge in [-0.1, -0.05) is 12.1 Å². The maximum atomic E-state index is 12.5. The Kier molecular flexibility index (Phi) is 3.72. The highest BCUT2D eigenvalue weighted by Crippen LogP contribution is 2.30. The normalized spacial score (nSPS) is 18.9. The van der Waals surface area contributed by atoms with Crippen molar-refractivity contribution < 1.29 is 9.21 Å². The van der Waals surface area contributed by atoms with Gasteiger partial charge in [-0.05, 0) is 51.3 Å². The van der Waals surface area contributed by atoms with Crippen molar-refractivity contribution in [1.29, 1.82) is 0 Å². The number of fused-ring (bicyclic) bond motifs is 1. The van der Waals surface area contributed by atoms with E-state index in [1.165, 1.54) is 0 Å². The molecular weight excluding hydrogens is 264 g/mol. The Balaban J connectivity index is 1.93. The number of piperidine rings is 1. The summed E-state index contributed by atoms with van der Waals surface area (Å²) in [7, 11) is 0. The fraction of sp³-hybridized carbons (Fsp3) is 0.471. The Labute approximate surface area is 124 Å². The lowest BCUT2D eigenvalue weighted by molar-refractivity contribution is 0.0904. The molecule has 2 N–H and O–H groups in total. The molecule has 1 aromatic heterocycles. The number of carbonyl (C=O) groups excluding carboxylic acids is 1. The van der Waals surface area contributed by atoms with E-state index in [-0.39, 0.29) is 11.9 Å². The van der Waals surface area contributed by atoms with Crippen LogP contribution in [0.25, 0.3) is 11.0 Å². The van der Waals surface area contributed by atoms with Crippen molar-refractivity contribution in [2.24, 2.45) is 0 Å². The molecule has 0 radical (unpaired) electrons. The number of aryl methyl sites for hydroxylation is 3. The minimum Gasteiger partial charge on any atom is -0.450 e. The molecule has 112 valence electrons. The number of amides is 1. The number of hydrogen-bond donors (Lipinski definition) is 2. The predicted octanol–water partition coefficient (Wildman–Crippen LogP) is 2.84. The standard InChI is InChI=1S/C17H22N2O2/c1-10-6-7-11(2)15-14(10)12(3)16(21-15)17(20)19-13-5-4-8-18-9-13/h6-7,13,18H,4-5,8-9H2,1-3H3,(H,19,20)/t13-/m0/s1. The Hall–Kier alpha value is -1.81. The third-order valence-corrected chi connectivity index (χ3v) is 4.32. The Morgan fingerprint density at radius 3 is 2.71 bits per heavy atom. The van der Waals surface area contributed by atoms with Crippen molar-refractivity contribution in [2.75, 3.05) is 13.1 Å². The fourth-order valence-corrected chi connectivity index (χ4v) is 3.12. The van der Waals surface area contributed by atoms with Gasteiger partial charge in [0.2, 0.25) is 0 Å². The van der Waals surface area contributed by atoms with Gasteiger partial charge in [0.15, 0.2) is 5.76 Å². The van der Waals surface area contributed by atoms with E-state index in [4.69, 9.17) is 4.42 Å². The highest BCUT2D eigenvalue weighted by Gasteiger charge is 2.23. The molecule has 2 heterocycles. The van der Waals surface area contributed by atoms with Crippen LogP contribution in [0, 0.1) is 20.8 Å². The molecular formula is C17H22N2O2. The maximum Gasteiger partial charge on any atom is 0.287 e. The van der Waals surface area contributed by atoms with Crippen LogP contribution in [0.5, 0.6) is 0 Å². The molecule has 1 amide bonds. The number of furan rings is 1. The monoisotopic (exact) mass is 286 g/mol. The van der Waals surface area contributed by atoms with Gasteiger partial charge in [0.25, 0.3) is 5.91 Å². The first-order chi connectivity index (χ1) is 10.1. The zero-order valence-electron chi connectivity index (χ0n) is 12.9. The van der Waals surface area contributed by atoms with E-state index < -0.39 is 0 Å². The van der Waals surface area contributed by atoms with Crippen molar-refractivity contribution in [3.8, 4) is 0 Å². The second-order valence-electron chi connectivity index (χ2n) is 5.98. The van der Waals surface area contributed by atoms with E-state index in [9.17, 15) is 4.79 Å². The minimum atomic E-state index is -0.101. The predicted molar refractivity (Wildman–Crippen MR) is 83.8 cm³/mol. The molecule has 1 atom stereocenters. The van der Waals surface area contributed by atoms with E-state index in [1.807, 2.05) is 19.9 Å². The molecule has 2 aromatic rings. The van der Waals surface area contributed by atoms with Gasteiger partial charge in [0.1, 0.15) is 5.58 Å². The molecule has 21 heavy (non-hydrogen) atoms. The summed E-state index contributed by atoms with van der Waals surface area (Å²) in [5.74, 6) is 0.351. The van der Waals surface area contributed by atoms with Gasteiger partial charge in [-0.25, -0.2) is 0 Å². The van der Waals surface area contributed by atoms with Crippen LogP contribution in [0.3, 0.4) is 0 Å². The number of rotatable bonds is 2. The van der Waals surface area contributed by atoms with Crippen molar-refractivity contribution in [1.82, 2.24) is 10.6 Å². The molecule has 1 aliphatic heterocycles. The second-order valence-corrected chi connectivity index (χ2v) is 5.98. The van der Waals surface area contributed by atoms with Crippen LogP contribution < -0.4 is 10.6 Å². The highest BCUT2D eigenvalue weighted by molar-refractivity contribution is 6.00. The summed E-state index contributed by atoms with van der Waals surface area (Å²) in [6.45, 7) is 7.90. The molecule has 3 rings (SSSR count). The molecule has 1 aromatic carbocycles. The summed E-state index contributed by atoms with van der Waals surface area (Å²) in [6.07, 6.45) is 2.12. The van der Waals surface area contributed by atoms with Gasteiger partial charge in [0, 0.05) is 23.5 Å². The molecule has 0 unspecified atom stereocenters. The van der Waals surface area contributed by atoms with Crippen molar-refractivity contribution in [2.45, 2.75) is 39.7 Å². The van der Waals surface area contributed by atoms with Crippen molar-refractivity contribution in [3.63, 3.8) is 0 Å². The van der Waals surface area contributed by atoms with Crippen LogP contribution in [0.15, 0.2) is 16.5 Å². The Morgan fingerprint density at radius 1 is 1.29 bits per heavy atom. The molecule has 1 saturated heterocycles. The first-order valence-electron chi connectivity index (χ1n) is 7.59. The van der Waals surface area contributed by atoms with Crippen LogP contribution in [0.2, 0.25) is 0 Å². The SMILES string of the molecule is Cc1ccc(C)c2c(C)c(C(=O)N[C@H]3CCCNC3)oc12. The zero-order chi connectivity index (χ0) is 15.0. The van der Waals surface area contributed by atoms with E-state index in [2.05, 4.69) is 23.6 Å². The second kappa shape index (κ2) is 5.53. The van der Waals surface area contributed by atoms with Crippen molar-refractivity contribution in [3.05, 3.63) is 34.6 Å². The number of hydrogen-bond acceptors (Lipinski definition) is 3. The van der Waals surface area contributed by atoms with Crippen LogP contribution >= 0.6 is 0 Å². The summed E-state index contributed by atoms with van der Waals surface area (Å²) < 4.78 is 5.88. The first-order valence-corrected chi connectivity index (χ1v) is 7.59. The van der Waals surface area contributed by atoms with Crippen LogP contribution in [0.1, 0.15) is 40.1 Å². The summed E-state index contributed by atoms with van der Waals surface area (Å²) in [5, 5.41) is 7.46. The zero-order valence-corrected chi connectivity index (χ0v) is 12.9. The molecule has 1 fully saturated rings. The average molecular weight is 286 g/mol. The molecule has 4 nitrogen and oxygen atoms in total. The molecule has 0 bridgehead atoms. The summed E-state index contributed by atoms with van der Waals surface area (Å²) in [4.78, 5) is 12.5. The Bertz CT molecular complexity index is 682. The van der Waals surface area contributed by atoms with E-state index in [0.29, 0.717) is 5.76 Å². The number of benzene rings is 1. The lowest BCUT2D eigenvalue weighted by Gasteiger charge is -2.23. The third kappa shape index (κ3) is 2.56. The quantitative estimate of drug-likeness (QED) is 0.892. The molecule has 4 heteroatoms. The number of carbonyl (C=O) groups is 1. The van der Waals surface area contributed by atoms with Crippen LogP contribution in [0.4, 0.5) is 0 Å². The average Bonchev–Trinajstić information content (AvgIpc) is 2.83. The Morgan fingerprint density at radius 2 is 2.05 bits per heavy atom. The molecule has 1 aliphatic rings. The summed E-state index contributed by atoms with van der Waals surface area (Å²) in [6, 6.07) is 4.31. The maximum absolute atomic E-state index is 12.5. The molecule has 0 saturated carbocycles. The largest absolute Gasteiger partial charge is 0.450 e. The van der Waals surface area contributed by atoms with Gasteiger partial charge in [-0.2, -0.15) is 0 Å². The molecule has 0 spiro atoms. The topological polar surface area (TPSA) is 54.3 Å². The van der Waals surface area contributed by atoms with E-state index in [1.54, 1.807) is 0 Å². The van der Waals surface area contributed by atoms with E-state index in [0.717, 1.165) is 53.6 Å². The third-order valence-electron chi connectivity index (χ3n) is 4.32. The number of nitrogens with one attached hydrogen (secondary N) is 2. The van der Waals surface area contributed by atoms with Gasteiger partial charge in [-0.3, -0.25) is 4.79 Å². The smallest absolute Gasteiger partial charge is 0.287 e. The van der Waals surface area contributed by atoms with Gasteiger partial charge in [-0.15, -0.1) is 0 Å². The first kappa shape index (κ1) is 14.1. The van der Waals surface area contributed by atoms with Crippen LogP contribution in [-0.4, -0.2) is 25.0 Å². The van der Waals surface area contributed by atoms with Gasteiger partial charge in [0.05, 0.1) is 0 Å². The highest BCUT2D eigenvalue weighted by atomic mass is 16.3. The summed E-state index contributed by atoms with van der Waals surface area (Å²) >= 11 is 0. The minimum absolute atomic E-state index is 0.101. The lowest BCUT2D eigenvalue weighted by Crippen LogP contribution is -2.45. The fourth-order valence-electron chi connectivity index (χ4n) is 3.12. The lowest BCUT2D eigenvalue weighted by atomic mass is 10.0. The van der Waals surface area contributed by atoms with Crippen molar-refractivity contribution >= 4 is 16.9 Å². The van der Waals surface area contributed by atoms with Gasteiger partial charge >= 0.3 is 0 Å². The van der Waals surface area contributed by atoms with Gasteiger partial charge < -0.3 is 15.1 Å². The molecule has 0 aliphatic carbocycles. The van der Waals surface area contributed by atoms with E-state index >= 15 is 0 Å².